The van der Waals surface area contributed by atoms with Gasteiger partial charge in [-0.15, -0.1) is 0 Å². The Labute approximate surface area is 188 Å². The smallest absolute Gasteiger partial charge is 0.0924 e. The first kappa shape index (κ1) is 20.2. The van der Waals surface area contributed by atoms with Crippen molar-refractivity contribution in [3.05, 3.63) is 85.0 Å². The number of imidazole rings is 1. The molecule has 3 aromatic carbocycles. The van der Waals surface area contributed by atoms with Crippen LogP contribution in [0.25, 0.3) is 38.9 Å². The lowest BCUT2D eigenvalue weighted by Crippen LogP contribution is -2.44. The van der Waals surface area contributed by atoms with Gasteiger partial charge in [0.2, 0.25) is 0 Å². The first-order valence-corrected chi connectivity index (χ1v) is 11.1. The van der Waals surface area contributed by atoms with Crippen LogP contribution in [0, 0.1) is 0 Å². The van der Waals surface area contributed by atoms with Crippen LogP contribution in [0.3, 0.4) is 0 Å². The molecule has 160 valence electrons. The summed E-state index contributed by atoms with van der Waals surface area (Å²) in [5.41, 5.74) is 6.67. The van der Waals surface area contributed by atoms with E-state index in [1.807, 2.05) is 6.20 Å². The first-order valence-electron chi connectivity index (χ1n) is 11.1. The summed E-state index contributed by atoms with van der Waals surface area (Å²) in [6.45, 7) is 4.70. The van der Waals surface area contributed by atoms with E-state index in [-0.39, 0.29) is 6.17 Å². The van der Waals surface area contributed by atoms with E-state index in [0.29, 0.717) is 0 Å². The van der Waals surface area contributed by atoms with E-state index < -0.39 is 0 Å². The van der Waals surface area contributed by atoms with E-state index >= 15 is 0 Å². The summed E-state index contributed by atoms with van der Waals surface area (Å²) in [7, 11) is 0. The summed E-state index contributed by atoms with van der Waals surface area (Å²) < 4.78 is 0. The fourth-order valence-electron chi connectivity index (χ4n) is 4.30. The van der Waals surface area contributed by atoms with Crippen molar-refractivity contribution in [2.45, 2.75) is 25.4 Å². The van der Waals surface area contributed by atoms with E-state index in [1.54, 1.807) is 12.5 Å². The number of fused-ring (bicyclic) bond motifs is 1. The Kier molecular flexibility index (Phi) is 5.81. The summed E-state index contributed by atoms with van der Waals surface area (Å²) in [6.07, 6.45) is 9.24. The minimum Gasteiger partial charge on any atom is -0.368 e. The van der Waals surface area contributed by atoms with Gasteiger partial charge in [0.25, 0.3) is 0 Å². The second kappa shape index (κ2) is 9.20. The fraction of sp³-hybridized carbons (Fsp3) is 0.185. The monoisotopic (exact) mass is 421 g/mol. The Hall–Kier alpha value is -3.70. The number of aromatic amines is 1. The van der Waals surface area contributed by atoms with E-state index in [4.69, 9.17) is 0 Å². The van der Waals surface area contributed by atoms with Gasteiger partial charge in [0.15, 0.2) is 0 Å². The number of H-pyrrole nitrogens is 1. The zero-order chi connectivity index (χ0) is 21.8. The highest BCUT2D eigenvalue weighted by Gasteiger charge is 2.14. The Bertz CT molecular complexity index is 1230. The molecular formula is C27H27N5. The normalized spacial score (nSPS) is 16.8. The topological polar surface area (TPSA) is 65.1 Å². The van der Waals surface area contributed by atoms with Gasteiger partial charge in [-0.05, 0) is 72.1 Å². The maximum absolute atomic E-state index is 4.12. The quantitative estimate of drug-likeness (QED) is 0.356. The molecule has 5 nitrogen and oxygen atoms in total. The third kappa shape index (κ3) is 4.34. The molecule has 0 saturated carbocycles. The molecule has 1 atom stereocenters. The molecule has 5 heteroatoms. The average Bonchev–Trinajstić information content (AvgIpc) is 3.39. The van der Waals surface area contributed by atoms with Crippen molar-refractivity contribution in [3.63, 3.8) is 0 Å². The molecule has 1 unspecified atom stereocenters. The zero-order valence-corrected chi connectivity index (χ0v) is 18.0. The molecule has 3 N–H and O–H groups in total. The van der Waals surface area contributed by atoms with Gasteiger partial charge in [-0.1, -0.05) is 48.5 Å². The van der Waals surface area contributed by atoms with Crippen molar-refractivity contribution >= 4 is 23.2 Å². The Morgan fingerprint density at radius 1 is 0.969 bits per heavy atom. The molecule has 4 aromatic rings. The predicted molar refractivity (Wildman–Crippen MR) is 133 cm³/mol. The van der Waals surface area contributed by atoms with Gasteiger partial charge in [0.05, 0.1) is 30.1 Å². The van der Waals surface area contributed by atoms with Crippen LogP contribution in [0.1, 0.15) is 24.8 Å². The molecule has 1 saturated heterocycles. The number of hydrogen-bond donors (Lipinski definition) is 3. The summed E-state index contributed by atoms with van der Waals surface area (Å²) in [4.78, 5) is 11.3. The highest BCUT2D eigenvalue weighted by Crippen LogP contribution is 2.28. The van der Waals surface area contributed by atoms with E-state index in [2.05, 4.69) is 93.0 Å². The third-order valence-corrected chi connectivity index (χ3v) is 6.04. The van der Waals surface area contributed by atoms with Crippen molar-refractivity contribution in [1.82, 2.24) is 20.6 Å². The minimum absolute atomic E-state index is 0.281. The van der Waals surface area contributed by atoms with Gasteiger partial charge in [-0.25, -0.2) is 4.98 Å². The van der Waals surface area contributed by atoms with Gasteiger partial charge in [0, 0.05) is 11.8 Å². The first-order chi connectivity index (χ1) is 15.8. The lowest BCUT2D eigenvalue weighted by molar-refractivity contribution is 0.378. The Balaban J connectivity index is 1.38. The molecule has 0 amide bonds. The number of benzene rings is 3. The minimum atomic E-state index is 0.281. The molecule has 1 aliphatic heterocycles. The average molecular weight is 422 g/mol. The molecule has 1 aliphatic rings. The van der Waals surface area contributed by atoms with Crippen LogP contribution in [0.2, 0.25) is 0 Å². The van der Waals surface area contributed by atoms with Crippen LogP contribution in [0.5, 0.6) is 0 Å². The number of hydrogen-bond acceptors (Lipinski definition) is 4. The second-order valence-corrected chi connectivity index (χ2v) is 8.19. The summed E-state index contributed by atoms with van der Waals surface area (Å²) >= 11 is 0. The zero-order valence-electron chi connectivity index (χ0n) is 18.0. The summed E-state index contributed by atoms with van der Waals surface area (Å²) in [6, 6.07) is 21.7. The van der Waals surface area contributed by atoms with Gasteiger partial charge in [0.1, 0.15) is 0 Å². The number of rotatable bonds is 6. The maximum Gasteiger partial charge on any atom is 0.0924 e. The lowest BCUT2D eigenvalue weighted by Gasteiger charge is -2.26. The van der Waals surface area contributed by atoms with Crippen LogP contribution < -0.4 is 10.6 Å². The molecule has 0 bridgehead atoms. The van der Waals surface area contributed by atoms with Crippen LogP contribution in [-0.2, 0) is 0 Å². The molecule has 1 aromatic heterocycles. The number of nitrogens with zero attached hydrogens (tertiary/aromatic N) is 2. The Morgan fingerprint density at radius 2 is 1.72 bits per heavy atom. The highest BCUT2D eigenvalue weighted by molar-refractivity contribution is 5.90. The van der Waals surface area contributed by atoms with Gasteiger partial charge in [-0.3, -0.25) is 10.3 Å². The van der Waals surface area contributed by atoms with Crippen molar-refractivity contribution in [2.24, 2.45) is 4.99 Å². The molecule has 2 heterocycles. The van der Waals surface area contributed by atoms with Crippen LogP contribution in [-0.4, -0.2) is 29.4 Å². The number of nitrogens with one attached hydrogen (secondary N) is 3. The van der Waals surface area contributed by atoms with Crippen molar-refractivity contribution < 1.29 is 0 Å². The van der Waals surface area contributed by atoms with Gasteiger partial charge < -0.3 is 10.3 Å². The van der Waals surface area contributed by atoms with Crippen LogP contribution in [0.15, 0.2) is 84.4 Å². The number of aliphatic imine (C=N–C) groups is 1. The van der Waals surface area contributed by atoms with Gasteiger partial charge in [-0.2, -0.15) is 0 Å². The molecule has 1 fully saturated rings. The molecular weight excluding hydrogens is 394 g/mol. The van der Waals surface area contributed by atoms with Gasteiger partial charge >= 0.3 is 0 Å². The van der Waals surface area contributed by atoms with E-state index in [0.717, 1.165) is 35.5 Å². The predicted octanol–water partition coefficient (Wildman–Crippen LogP) is 5.59. The van der Waals surface area contributed by atoms with Crippen LogP contribution in [0.4, 0.5) is 0 Å². The van der Waals surface area contributed by atoms with Crippen molar-refractivity contribution in [1.29, 1.82) is 0 Å². The maximum atomic E-state index is 4.12. The number of aromatic nitrogens is 2. The fourth-order valence-corrected chi connectivity index (χ4v) is 4.30. The van der Waals surface area contributed by atoms with E-state index in [9.17, 15) is 0 Å². The standard InChI is InChI=1S/C27H27N5/c1-28-16-26(32-27-4-2-3-13-30-27)20-7-5-19(6-8-20)21-9-10-23-15-24(12-11-22(23)14-21)25-17-29-18-31-25/h5-12,14-18,27,30,32H,1-4,13H2,(H,29,31)/b26-16-. The van der Waals surface area contributed by atoms with Crippen molar-refractivity contribution in [3.8, 4) is 22.4 Å². The second-order valence-electron chi connectivity index (χ2n) is 8.19. The molecule has 0 spiro atoms. The van der Waals surface area contributed by atoms with Crippen LogP contribution >= 0.6 is 0 Å². The summed E-state index contributed by atoms with van der Waals surface area (Å²) in [5, 5.41) is 9.54. The number of piperidine rings is 1. The van der Waals surface area contributed by atoms with E-state index in [1.165, 1.54) is 34.7 Å². The highest BCUT2D eigenvalue weighted by atomic mass is 15.1. The lowest BCUT2D eigenvalue weighted by atomic mass is 9.98. The Morgan fingerprint density at radius 3 is 2.41 bits per heavy atom. The molecule has 5 rings (SSSR count). The summed E-state index contributed by atoms with van der Waals surface area (Å²) in [5.74, 6) is 0. The third-order valence-electron chi connectivity index (χ3n) is 6.04. The molecule has 0 aliphatic carbocycles. The largest absolute Gasteiger partial charge is 0.368 e. The van der Waals surface area contributed by atoms with Crippen molar-refractivity contribution in [2.75, 3.05) is 6.54 Å². The molecule has 32 heavy (non-hydrogen) atoms. The molecule has 0 radical (unpaired) electrons. The SMILES string of the molecule is C=N/C=C(\NC1CCCCN1)c1ccc(-c2ccc3cc(-c4cnc[nH]4)ccc3c2)cc1.